The van der Waals surface area contributed by atoms with E-state index in [1.54, 1.807) is 0 Å². The van der Waals surface area contributed by atoms with Gasteiger partial charge in [0.15, 0.2) is 5.13 Å². The zero-order chi connectivity index (χ0) is 23.9. The number of aryl methyl sites for hydroxylation is 1. The third-order valence-electron chi connectivity index (χ3n) is 5.12. The van der Waals surface area contributed by atoms with E-state index >= 15 is 0 Å². The quantitative estimate of drug-likeness (QED) is 0.266. The summed E-state index contributed by atoms with van der Waals surface area (Å²) in [5, 5.41) is 10.9. The maximum absolute atomic E-state index is 14.8. The minimum Gasteiger partial charge on any atom is -0.507 e. The smallest absolute Gasteiger partial charge is 0.350 e. The van der Waals surface area contributed by atoms with E-state index in [9.17, 15) is 28.3 Å². The number of aliphatic hydroxyl groups is 1. The number of ketones is 1. The van der Waals surface area contributed by atoms with Gasteiger partial charge >= 0.3 is 11.9 Å². The maximum atomic E-state index is 14.8. The largest absolute Gasteiger partial charge is 0.507 e. The molecule has 0 spiro atoms. The molecule has 0 saturated carbocycles. The number of hydrogen-bond donors (Lipinski definition) is 1. The number of carbonyl (C=O) groups excluding carboxylic acids is 3. The number of anilines is 1. The molecule has 1 aliphatic heterocycles. The Morgan fingerprint density at radius 1 is 1.12 bits per heavy atom. The Balaban J connectivity index is 1.95. The van der Waals surface area contributed by atoms with Crippen LogP contribution >= 0.6 is 11.3 Å². The van der Waals surface area contributed by atoms with Gasteiger partial charge in [0.05, 0.1) is 18.4 Å². The summed E-state index contributed by atoms with van der Waals surface area (Å²) in [7, 11) is 1.19. The van der Waals surface area contributed by atoms with Gasteiger partial charge in [-0.25, -0.2) is 18.6 Å². The monoisotopic (exact) mass is 470 g/mol. The second-order valence-electron chi connectivity index (χ2n) is 7.10. The van der Waals surface area contributed by atoms with E-state index in [0.717, 1.165) is 34.4 Å². The molecule has 7 nitrogen and oxygen atoms in total. The van der Waals surface area contributed by atoms with Gasteiger partial charge in [-0.05, 0) is 37.3 Å². The van der Waals surface area contributed by atoms with Crippen LogP contribution in [0, 0.1) is 18.6 Å². The number of nitrogens with zero attached hydrogens (tertiary/aromatic N) is 2. The van der Waals surface area contributed by atoms with Gasteiger partial charge in [-0.2, -0.15) is 0 Å². The summed E-state index contributed by atoms with van der Waals surface area (Å²) in [6.07, 6.45) is 0. The number of benzene rings is 2. The summed E-state index contributed by atoms with van der Waals surface area (Å²) in [5.74, 6) is -4.69. The second-order valence-corrected chi connectivity index (χ2v) is 8.08. The lowest BCUT2D eigenvalue weighted by Gasteiger charge is -2.23. The van der Waals surface area contributed by atoms with E-state index in [1.165, 1.54) is 44.4 Å². The van der Waals surface area contributed by atoms with Crippen molar-refractivity contribution in [3.63, 3.8) is 0 Å². The van der Waals surface area contributed by atoms with Crippen LogP contribution in [0.5, 0.6) is 0 Å². The van der Waals surface area contributed by atoms with Crippen LogP contribution in [0.2, 0.25) is 0 Å². The fourth-order valence-corrected chi connectivity index (χ4v) is 4.56. The molecule has 1 fully saturated rings. The normalized spacial score (nSPS) is 17.5. The zero-order valence-corrected chi connectivity index (χ0v) is 18.2. The van der Waals surface area contributed by atoms with Gasteiger partial charge in [0.1, 0.15) is 28.3 Å². The minimum absolute atomic E-state index is 0.0404. The lowest BCUT2D eigenvalue weighted by molar-refractivity contribution is -0.132. The summed E-state index contributed by atoms with van der Waals surface area (Å²) in [5.41, 5.74) is -0.118. The molecular weight excluding hydrogens is 454 g/mol. The van der Waals surface area contributed by atoms with Gasteiger partial charge in [0.2, 0.25) is 0 Å². The number of Topliss-reactive ketones (excluding diaryl/α,β-unsaturated/α-hetero) is 1. The molecule has 0 bridgehead atoms. The summed E-state index contributed by atoms with van der Waals surface area (Å²) >= 11 is 0.802. The molecule has 33 heavy (non-hydrogen) atoms. The average molecular weight is 470 g/mol. The van der Waals surface area contributed by atoms with E-state index in [0.29, 0.717) is 0 Å². The van der Waals surface area contributed by atoms with Crippen LogP contribution in [0.25, 0.3) is 5.76 Å². The standard InChI is InChI=1S/C23H16F2N2O5S/c1-11-20(22(31)32-2)33-23(26-11)27-17(14-5-3-4-6-15(14)25)16(19(29)21(27)30)18(28)12-7-9-13(24)10-8-12/h3-10,17,28H,1-2H3/b18-16+. The maximum Gasteiger partial charge on any atom is 0.350 e. The molecule has 1 saturated heterocycles. The topological polar surface area (TPSA) is 96.8 Å². The molecule has 3 aromatic rings. The van der Waals surface area contributed by atoms with Crippen molar-refractivity contribution in [1.82, 2.24) is 4.98 Å². The van der Waals surface area contributed by atoms with Gasteiger partial charge in [-0.15, -0.1) is 0 Å². The van der Waals surface area contributed by atoms with Crippen molar-refractivity contribution in [2.24, 2.45) is 0 Å². The zero-order valence-electron chi connectivity index (χ0n) is 17.3. The van der Waals surface area contributed by atoms with Crippen LogP contribution in [0.4, 0.5) is 13.9 Å². The molecule has 0 aliphatic carbocycles. The molecule has 168 valence electrons. The number of aromatic nitrogens is 1. The van der Waals surface area contributed by atoms with Gasteiger partial charge in [0, 0.05) is 11.1 Å². The summed E-state index contributed by atoms with van der Waals surface area (Å²) < 4.78 is 32.9. The fourth-order valence-electron chi connectivity index (χ4n) is 3.55. The van der Waals surface area contributed by atoms with Crippen LogP contribution in [-0.2, 0) is 14.3 Å². The molecule has 2 aromatic carbocycles. The number of methoxy groups -OCH3 is 1. The highest BCUT2D eigenvalue weighted by Crippen LogP contribution is 2.44. The molecule has 1 aromatic heterocycles. The van der Waals surface area contributed by atoms with Gasteiger partial charge < -0.3 is 9.84 Å². The first kappa shape index (κ1) is 22.3. The SMILES string of the molecule is COC(=O)c1sc(N2C(=O)C(=O)/C(=C(/O)c3ccc(F)cc3)C2c2ccccc2F)nc1C. The summed E-state index contributed by atoms with van der Waals surface area (Å²) in [6, 6.07) is 8.74. The van der Waals surface area contributed by atoms with Crippen molar-refractivity contribution < 1.29 is 33.0 Å². The number of amides is 1. The van der Waals surface area contributed by atoms with Crippen molar-refractivity contribution in [2.75, 3.05) is 12.0 Å². The van der Waals surface area contributed by atoms with E-state index in [4.69, 9.17) is 4.74 Å². The molecule has 4 rings (SSSR count). The number of thiazole rings is 1. The Labute approximate surface area is 190 Å². The van der Waals surface area contributed by atoms with Crippen molar-refractivity contribution in [3.05, 3.63) is 87.4 Å². The molecule has 0 radical (unpaired) electrons. The highest BCUT2D eigenvalue weighted by atomic mass is 32.1. The lowest BCUT2D eigenvalue weighted by atomic mass is 9.95. The lowest BCUT2D eigenvalue weighted by Crippen LogP contribution is -2.29. The molecule has 10 heteroatoms. The minimum atomic E-state index is -1.37. The average Bonchev–Trinajstić information content (AvgIpc) is 3.30. The highest BCUT2D eigenvalue weighted by molar-refractivity contribution is 7.17. The van der Waals surface area contributed by atoms with Gasteiger partial charge in [0.25, 0.3) is 5.78 Å². The Morgan fingerprint density at radius 3 is 2.42 bits per heavy atom. The number of halogens is 2. The molecule has 1 unspecified atom stereocenters. The number of carbonyl (C=O) groups is 3. The summed E-state index contributed by atoms with van der Waals surface area (Å²) in [4.78, 5) is 43.4. The Kier molecular flexibility index (Phi) is 5.77. The molecule has 2 heterocycles. The van der Waals surface area contributed by atoms with Crippen molar-refractivity contribution >= 4 is 39.9 Å². The number of esters is 1. The van der Waals surface area contributed by atoms with Crippen molar-refractivity contribution in [1.29, 1.82) is 0 Å². The fraction of sp³-hybridized carbons (Fsp3) is 0.130. The predicted molar refractivity (Wildman–Crippen MR) is 116 cm³/mol. The predicted octanol–water partition coefficient (Wildman–Crippen LogP) is 4.14. The van der Waals surface area contributed by atoms with Crippen LogP contribution in [0.1, 0.15) is 32.5 Å². The van der Waals surface area contributed by atoms with Crippen LogP contribution in [0.15, 0.2) is 54.1 Å². The molecule has 1 N–H and O–H groups in total. The van der Waals surface area contributed by atoms with E-state index in [2.05, 4.69) is 4.98 Å². The van der Waals surface area contributed by atoms with Gasteiger partial charge in [-0.1, -0.05) is 29.5 Å². The highest BCUT2D eigenvalue weighted by Gasteiger charge is 2.49. The summed E-state index contributed by atoms with van der Waals surface area (Å²) in [6.45, 7) is 1.53. The van der Waals surface area contributed by atoms with E-state index in [1.807, 2.05) is 0 Å². The Bertz CT molecular complexity index is 1320. The molecule has 1 aliphatic rings. The van der Waals surface area contributed by atoms with Crippen LogP contribution < -0.4 is 4.90 Å². The van der Waals surface area contributed by atoms with Crippen LogP contribution in [-0.4, -0.2) is 34.9 Å². The number of aliphatic hydroxyl groups excluding tert-OH is 1. The van der Waals surface area contributed by atoms with Crippen molar-refractivity contribution in [3.8, 4) is 0 Å². The first-order valence-corrected chi connectivity index (χ1v) is 10.4. The third-order valence-corrected chi connectivity index (χ3v) is 6.26. The third kappa shape index (κ3) is 3.78. The molecule has 1 atom stereocenters. The van der Waals surface area contributed by atoms with Crippen molar-refractivity contribution in [2.45, 2.75) is 13.0 Å². The number of hydrogen-bond acceptors (Lipinski definition) is 7. The Morgan fingerprint density at radius 2 is 1.79 bits per heavy atom. The van der Waals surface area contributed by atoms with E-state index < -0.39 is 41.1 Å². The number of rotatable bonds is 4. The van der Waals surface area contributed by atoms with Crippen LogP contribution in [0.3, 0.4) is 0 Å². The van der Waals surface area contributed by atoms with Gasteiger partial charge in [-0.3, -0.25) is 14.5 Å². The number of ether oxygens (including phenoxy) is 1. The first-order valence-electron chi connectivity index (χ1n) is 9.61. The Hall–Kier alpha value is -3.92. The second kappa shape index (κ2) is 8.55. The van der Waals surface area contributed by atoms with E-state index in [-0.39, 0.29) is 32.4 Å². The molecular formula is C23H16F2N2O5S. The molecule has 1 amide bonds. The first-order chi connectivity index (χ1) is 15.7.